The largest absolute Gasteiger partial charge is 0.495 e. The van der Waals surface area contributed by atoms with Gasteiger partial charge in [0, 0.05) is 6.20 Å². The van der Waals surface area contributed by atoms with Gasteiger partial charge in [-0.2, -0.15) is 0 Å². The number of hydrogen-bond donors (Lipinski definition) is 1. The fourth-order valence-electron chi connectivity index (χ4n) is 3.55. The van der Waals surface area contributed by atoms with Crippen molar-refractivity contribution in [3.05, 3.63) is 24.0 Å². The Kier molecular flexibility index (Phi) is 3.25. The lowest BCUT2D eigenvalue weighted by molar-refractivity contribution is -0.00114. The smallest absolute Gasteiger partial charge is 0.156 e. The van der Waals surface area contributed by atoms with E-state index in [1.165, 1.54) is 7.11 Å². The third kappa shape index (κ3) is 2.02. The van der Waals surface area contributed by atoms with Gasteiger partial charge >= 0.3 is 0 Å². The van der Waals surface area contributed by atoms with Gasteiger partial charge in [0.25, 0.3) is 0 Å². The molecular weight excluding hydrogens is 278 g/mol. The molecule has 2 fully saturated rings. The van der Waals surface area contributed by atoms with Crippen LogP contribution in [0.5, 0.6) is 5.75 Å². The van der Waals surface area contributed by atoms with Gasteiger partial charge in [0.1, 0.15) is 17.0 Å². The number of hydrogen-bond acceptors (Lipinski definition) is 5. The Morgan fingerprint density at radius 2 is 2.00 bits per heavy atom. The molecule has 0 amide bonds. The molecule has 2 bridgehead atoms. The van der Waals surface area contributed by atoms with Gasteiger partial charge in [0.15, 0.2) is 9.84 Å². The molecule has 20 heavy (non-hydrogen) atoms. The van der Waals surface area contributed by atoms with Crippen molar-refractivity contribution in [2.75, 3.05) is 7.11 Å². The van der Waals surface area contributed by atoms with E-state index in [1.54, 1.807) is 18.3 Å². The van der Waals surface area contributed by atoms with E-state index in [1.807, 2.05) is 0 Å². The van der Waals surface area contributed by atoms with Crippen LogP contribution in [0.1, 0.15) is 37.8 Å². The van der Waals surface area contributed by atoms with Crippen molar-refractivity contribution in [1.29, 1.82) is 0 Å². The molecule has 2 unspecified atom stereocenters. The lowest BCUT2D eigenvalue weighted by Gasteiger charge is -2.43. The van der Waals surface area contributed by atoms with E-state index < -0.39 is 25.9 Å². The maximum atomic E-state index is 12.3. The molecule has 0 spiro atoms. The second kappa shape index (κ2) is 4.70. The summed E-state index contributed by atoms with van der Waals surface area (Å²) in [4.78, 5) is 4.25. The second-order valence-corrected chi connectivity index (χ2v) is 8.27. The molecule has 3 heterocycles. The summed E-state index contributed by atoms with van der Waals surface area (Å²) in [5, 5.41) is 10.1. The highest BCUT2D eigenvalue weighted by atomic mass is 32.2. The van der Waals surface area contributed by atoms with Gasteiger partial charge in [-0.25, -0.2) is 8.42 Å². The first kappa shape index (κ1) is 13.8. The van der Waals surface area contributed by atoms with Crippen LogP contribution in [0.4, 0.5) is 0 Å². The zero-order valence-electron chi connectivity index (χ0n) is 11.4. The normalized spacial score (nSPS) is 35.5. The highest BCUT2D eigenvalue weighted by Crippen LogP contribution is 2.47. The number of aliphatic hydroxyl groups is 1. The van der Waals surface area contributed by atoms with Crippen molar-refractivity contribution in [2.24, 2.45) is 0 Å². The highest BCUT2D eigenvalue weighted by molar-refractivity contribution is 7.92. The quantitative estimate of drug-likeness (QED) is 0.893. The van der Waals surface area contributed by atoms with Crippen molar-refractivity contribution >= 4 is 9.84 Å². The van der Waals surface area contributed by atoms with Gasteiger partial charge in [-0.3, -0.25) is 4.98 Å². The van der Waals surface area contributed by atoms with Crippen molar-refractivity contribution < 1.29 is 18.3 Å². The first-order chi connectivity index (χ1) is 9.47. The first-order valence-corrected chi connectivity index (χ1v) is 8.53. The lowest BCUT2D eigenvalue weighted by atomic mass is 9.82. The minimum absolute atomic E-state index is 0.221. The van der Waals surface area contributed by atoms with Crippen molar-refractivity contribution in [3.63, 3.8) is 0 Å². The number of ether oxygens (including phenoxy) is 1. The van der Waals surface area contributed by atoms with E-state index >= 15 is 0 Å². The SMILES string of the molecule is COc1cccnc1C1(O)CC2CCCC(C1)S2(=O)=O. The topological polar surface area (TPSA) is 76.5 Å². The van der Waals surface area contributed by atoms with Crippen LogP contribution in [-0.2, 0) is 15.4 Å². The van der Waals surface area contributed by atoms with Crippen molar-refractivity contribution in [2.45, 2.75) is 48.2 Å². The molecule has 2 saturated heterocycles. The third-order valence-corrected chi connectivity index (χ3v) is 7.21. The minimum atomic E-state index is -3.09. The minimum Gasteiger partial charge on any atom is -0.495 e. The van der Waals surface area contributed by atoms with E-state index in [-0.39, 0.29) is 12.8 Å². The summed E-state index contributed by atoms with van der Waals surface area (Å²) >= 11 is 0. The zero-order valence-corrected chi connectivity index (χ0v) is 12.3. The molecule has 1 N–H and O–H groups in total. The molecule has 1 aromatic heterocycles. The Bertz CT molecular complexity index is 593. The summed E-state index contributed by atoms with van der Waals surface area (Å²) in [7, 11) is -1.56. The Labute approximate surface area is 118 Å². The average Bonchev–Trinajstić information content (AvgIpc) is 2.41. The van der Waals surface area contributed by atoms with Crippen LogP contribution in [0.15, 0.2) is 18.3 Å². The van der Waals surface area contributed by atoms with Gasteiger partial charge in [0.2, 0.25) is 0 Å². The molecule has 2 atom stereocenters. The fourth-order valence-corrected chi connectivity index (χ4v) is 6.10. The van der Waals surface area contributed by atoms with Crippen molar-refractivity contribution in [3.8, 4) is 5.75 Å². The molecule has 3 rings (SSSR count). The molecule has 2 aliphatic heterocycles. The van der Waals surface area contributed by atoms with Gasteiger partial charge in [-0.1, -0.05) is 6.42 Å². The number of rotatable bonds is 2. The zero-order chi connectivity index (χ0) is 14.4. The van der Waals surface area contributed by atoms with Crippen LogP contribution in [0.3, 0.4) is 0 Å². The molecule has 0 aliphatic carbocycles. The summed E-state index contributed by atoms with van der Waals surface area (Å²) in [6.45, 7) is 0. The molecule has 0 aromatic carbocycles. The van der Waals surface area contributed by atoms with Gasteiger partial charge in [-0.05, 0) is 37.8 Å². The van der Waals surface area contributed by atoms with E-state index in [9.17, 15) is 13.5 Å². The van der Waals surface area contributed by atoms with Crippen LogP contribution in [0.2, 0.25) is 0 Å². The first-order valence-electron chi connectivity index (χ1n) is 6.92. The lowest BCUT2D eigenvalue weighted by Crippen LogP contribution is -2.50. The maximum Gasteiger partial charge on any atom is 0.156 e. The standard InChI is InChI=1S/C14H19NO4S/c1-19-12-6-3-7-15-13(12)14(16)8-10-4-2-5-11(9-14)20(10,17)18/h3,6-7,10-11,16H,2,4-5,8-9H2,1H3. The van der Waals surface area contributed by atoms with Crippen molar-refractivity contribution in [1.82, 2.24) is 4.98 Å². The monoisotopic (exact) mass is 297 g/mol. The Hall–Kier alpha value is -1.14. The number of nitrogens with zero attached hydrogens (tertiary/aromatic N) is 1. The number of aromatic nitrogens is 1. The van der Waals surface area contributed by atoms with E-state index in [0.717, 1.165) is 6.42 Å². The predicted molar refractivity (Wildman–Crippen MR) is 74.3 cm³/mol. The van der Waals surface area contributed by atoms with Crippen LogP contribution in [0.25, 0.3) is 0 Å². The number of fused-ring (bicyclic) bond motifs is 2. The molecule has 2 aliphatic rings. The average molecular weight is 297 g/mol. The molecule has 5 nitrogen and oxygen atoms in total. The van der Waals surface area contributed by atoms with E-state index in [0.29, 0.717) is 24.3 Å². The number of pyridine rings is 1. The Balaban J connectivity index is 2.02. The third-order valence-electron chi connectivity index (χ3n) is 4.54. The number of sulfone groups is 1. The van der Waals surface area contributed by atoms with E-state index in [2.05, 4.69) is 4.98 Å². The Morgan fingerprint density at radius 3 is 2.60 bits per heavy atom. The second-order valence-electron chi connectivity index (χ2n) is 5.76. The van der Waals surface area contributed by atoms with Gasteiger partial charge in [-0.15, -0.1) is 0 Å². The Morgan fingerprint density at radius 1 is 1.35 bits per heavy atom. The summed E-state index contributed by atoms with van der Waals surface area (Å²) < 4.78 is 29.9. The van der Waals surface area contributed by atoms with Crippen LogP contribution in [-0.4, -0.2) is 36.1 Å². The van der Waals surface area contributed by atoms with Crippen LogP contribution in [0, 0.1) is 0 Å². The maximum absolute atomic E-state index is 12.3. The molecule has 1 aromatic rings. The van der Waals surface area contributed by atoms with Gasteiger partial charge in [0.05, 0.1) is 17.6 Å². The summed E-state index contributed by atoms with van der Waals surface area (Å²) in [5.41, 5.74) is -0.734. The molecule has 0 radical (unpaired) electrons. The summed E-state index contributed by atoms with van der Waals surface area (Å²) in [6.07, 6.45) is 4.24. The van der Waals surface area contributed by atoms with E-state index in [4.69, 9.17) is 4.74 Å². The van der Waals surface area contributed by atoms with Gasteiger partial charge < -0.3 is 9.84 Å². The molecule has 110 valence electrons. The molecular formula is C14H19NO4S. The highest BCUT2D eigenvalue weighted by Gasteiger charge is 2.52. The summed E-state index contributed by atoms with van der Waals surface area (Å²) in [6, 6.07) is 3.49. The fraction of sp³-hybridized carbons (Fsp3) is 0.643. The number of methoxy groups -OCH3 is 1. The molecule has 0 saturated carbocycles. The van der Waals surface area contributed by atoms with Crippen LogP contribution >= 0.6 is 0 Å². The predicted octanol–water partition coefficient (Wildman–Crippen LogP) is 1.41. The van der Waals surface area contributed by atoms with Crippen LogP contribution < -0.4 is 4.74 Å². The molecule has 6 heteroatoms. The summed E-state index contributed by atoms with van der Waals surface area (Å²) in [5.74, 6) is 0.521.